The fourth-order valence-corrected chi connectivity index (χ4v) is 2.29. The molecule has 24 heavy (non-hydrogen) atoms. The molecule has 1 heterocycles. The van der Waals surface area contributed by atoms with E-state index >= 15 is 0 Å². The molecule has 130 valence electrons. The second-order valence-corrected chi connectivity index (χ2v) is 5.78. The van der Waals surface area contributed by atoms with E-state index in [4.69, 9.17) is 9.84 Å². The largest absolute Gasteiger partial charge is 0.479 e. The monoisotopic (exact) mass is 335 g/mol. The molecule has 1 saturated heterocycles. The number of morpholine rings is 1. The van der Waals surface area contributed by atoms with Gasteiger partial charge < -0.3 is 25.4 Å². The van der Waals surface area contributed by atoms with Crippen LogP contribution in [-0.4, -0.2) is 59.8 Å². The Kier molecular flexibility index (Phi) is 5.75. The topological polar surface area (TPSA) is 108 Å². The first-order valence-electron chi connectivity index (χ1n) is 7.68. The molecule has 1 aromatic carbocycles. The number of nitrogens with one attached hydrogen (secondary N) is 2. The first-order chi connectivity index (χ1) is 11.4. The summed E-state index contributed by atoms with van der Waals surface area (Å²) in [6.07, 6.45) is -0.997. The van der Waals surface area contributed by atoms with Crippen LogP contribution in [0, 0.1) is 0 Å². The van der Waals surface area contributed by atoms with Gasteiger partial charge in [-0.15, -0.1) is 0 Å². The Morgan fingerprint density at radius 1 is 1.25 bits per heavy atom. The van der Waals surface area contributed by atoms with E-state index in [0.717, 1.165) is 0 Å². The molecule has 8 heteroatoms. The fraction of sp³-hybridized carbons (Fsp3) is 0.438. The number of nitrogens with zero attached hydrogens (tertiary/aromatic N) is 1. The van der Waals surface area contributed by atoms with Crippen LogP contribution in [0.4, 0.5) is 10.5 Å². The number of carboxylic acid groups (broad SMARTS) is 1. The summed E-state index contributed by atoms with van der Waals surface area (Å²) in [5, 5.41) is 14.4. The maximum Gasteiger partial charge on any atom is 0.334 e. The summed E-state index contributed by atoms with van der Waals surface area (Å²) in [4.78, 5) is 36.5. The Hall–Kier alpha value is -2.61. The van der Waals surface area contributed by atoms with Gasteiger partial charge in [0.15, 0.2) is 6.10 Å². The predicted molar refractivity (Wildman–Crippen MR) is 87.0 cm³/mol. The lowest BCUT2D eigenvalue weighted by atomic mass is 10.1. The van der Waals surface area contributed by atoms with Crippen molar-refractivity contribution >= 4 is 23.6 Å². The van der Waals surface area contributed by atoms with Crippen LogP contribution in [0.1, 0.15) is 24.2 Å². The molecule has 1 unspecified atom stereocenters. The van der Waals surface area contributed by atoms with E-state index in [0.29, 0.717) is 17.8 Å². The first-order valence-corrected chi connectivity index (χ1v) is 7.68. The zero-order valence-corrected chi connectivity index (χ0v) is 13.6. The molecule has 0 radical (unpaired) electrons. The summed E-state index contributed by atoms with van der Waals surface area (Å²) in [6, 6.07) is 6.15. The number of ether oxygens (including phenoxy) is 1. The van der Waals surface area contributed by atoms with Crippen molar-refractivity contribution < 1.29 is 24.2 Å². The van der Waals surface area contributed by atoms with Crippen molar-refractivity contribution in [3.8, 4) is 0 Å². The van der Waals surface area contributed by atoms with Gasteiger partial charge in [0, 0.05) is 23.8 Å². The van der Waals surface area contributed by atoms with E-state index in [1.807, 2.05) is 13.8 Å². The molecular weight excluding hydrogens is 314 g/mol. The number of rotatable bonds is 4. The number of benzene rings is 1. The van der Waals surface area contributed by atoms with Crippen LogP contribution >= 0.6 is 0 Å². The zero-order chi connectivity index (χ0) is 17.7. The summed E-state index contributed by atoms with van der Waals surface area (Å²) in [5.74, 6) is -1.34. The van der Waals surface area contributed by atoms with E-state index in [1.165, 1.54) is 4.90 Å². The van der Waals surface area contributed by atoms with Gasteiger partial charge in [-0.2, -0.15) is 0 Å². The molecule has 1 aromatic rings. The third-order valence-electron chi connectivity index (χ3n) is 3.44. The Bertz CT molecular complexity index is 615. The Morgan fingerprint density at radius 3 is 2.50 bits per heavy atom. The van der Waals surface area contributed by atoms with Crippen LogP contribution < -0.4 is 10.6 Å². The number of hydrogen-bond acceptors (Lipinski definition) is 4. The van der Waals surface area contributed by atoms with Crippen LogP contribution in [0.15, 0.2) is 24.3 Å². The highest BCUT2D eigenvalue weighted by Crippen LogP contribution is 2.14. The number of hydrogen-bond donors (Lipinski definition) is 3. The van der Waals surface area contributed by atoms with Crippen LogP contribution in [0.5, 0.6) is 0 Å². The van der Waals surface area contributed by atoms with Gasteiger partial charge in [-0.05, 0) is 38.1 Å². The van der Waals surface area contributed by atoms with Crippen molar-refractivity contribution in [1.29, 1.82) is 0 Å². The van der Waals surface area contributed by atoms with Gasteiger partial charge in [0.1, 0.15) is 0 Å². The van der Waals surface area contributed by atoms with Gasteiger partial charge in [-0.25, -0.2) is 9.59 Å². The molecule has 0 saturated carbocycles. The zero-order valence-electron chi connectivity index (χ0n) is 13.6. The Morgan fingerprint density at radius 2 is 1.92 bits per heavy atom. The van der Waals surface area contributed by atoms with Gasteiger partial charge in [0.05, 0.1) is 13.2 Å². The standard InChI is InChI=1S/C16H21N3O5/c1-10(2)17-16(23)18-12-5-3-11(4-6-12)14(20)19-7-8-24-13(9-19)15(21)22/h3-6,10,13H,7-9H2,1-2H3,(H,21,22)(H2,17,18,23). The van der Waals surface area contributed by atoms with Crippen molar-refractivity contribution in [3.05, 3.63) is 29.8 Å². The lowest BCUT2D eigenvalue weighted by Crippen LogP contribution is -2.48. The van der Waals surface area contributed by atoms with Crippen molar-refractivity contribution in [2.75, 3.05) is 25.0 Å². The van der Waals surface area contributed by atoms with Crippen LogP contribution in [0.25, 0.3) is 0 Å². The van der Waals surface area contributed by atoms with Crippen LogP contribution in [0.3, 0.4) is 0 Å². The highest BCUT2D eigenvalue weighted by atomic mass is 16.5. The second-order valence-electron chi connectivity index (χ2n) is 5.78. The average molecular weight is 335 g/mol. The molecule has 8 nitrogen and oxygen atoms in total. The van der Waals surface area contributed by atoms with Gasteiger partial charge in [0.2, 0.25) is 0 Å². The Labute approximate surface area is 139 Å². The van der Waals surface area contributed by atoms with E-state index < -0.39 is 12.1 Å². The van der Waals surface area contributed by atoms with Gasteiger partial charge in [-0.3, -0.25) is 4.79 Å². The van der Waals surface area contributed by atoms with Gasteiger partial charge >= 0.3 is 12.0 Å². The minimum atomic E-state index is -1.08. The lowest BCUT2D eigenvalue weighted by Gasteiger charge is -2.30. The van der Waals surface area contributed by atoms with E-state index in [-0.39, 0.29) is 31.1 Å². The smallest absolute Gasteiger partial charge is 0.334 e. The molecule has 0 bridgehead atoms. The number of carboxylic acids is 1. The molecule has 0 aliphatic carbocycles. The van der Waals surface area contributed by atoms with E-state index in [9.17, 15) is 14.4 Å². The lowest BCUT2D eigenvalue weighted by molar-refractivity contribution is -0.154. The maximum atomic E-state index is 12.4. The fourth-order valence-electron chi connectivity index (χ4n) is 2.29. The molecule has 0 aromatic heterocycles. The summed E-state index contributed by atoms with van der Waals surface area (Å²) < 4.78 is 5.10. The summed E-state index contributed by atoms with van der Waals surface area (Å²) in [6.45, 7) is 4.27. The third-order valence-corrected chi connectivity index (χ3v) is 3.44. The number of urea groups is 1. The van der Waals surface area contributed by atoms with Gasteiger partial charge in [-0.1, -0.05) is 0 Å². The SMILES string of the molecule is CC(C)NC(=O)Nc1ccc(C(=O)N2CCOC(C(=O)O)C2)cc1. The minimum Gasteiger partial charge on any atom is -0.479 e. The molecule has 1 atom stereocenters. The predicted octanol–water partition coefficient (Wildman–Crippen LogP) is 1.14. The van der Waals surface area contributed by atoms with Crippen molar-refractivity contribution in [2.45, 2.75) is 26.0 Å². The molecule has 1 fully saturated rings. The van der Waals surface area contributed by atoms with E-state index in [2.05, 4.69) is 10.6 Å². The number of anilines is 1. The normalized spacial score (nSPS) is 17.5. The number of carbonyl (C=O) groups excluding carboxylic acids is 2. The molecule has 3 N–H and O–H groups in total. The van der Waals surface area contributed by atoms with Crippen molar-refractivity contribution in [3.63, 3.8) is 0 Å². The summed E-state index contributed by atoms with van der Waals surface area (Å²) >= 11 is 0. The number of amides is 3. The second kappa shape index (κ2) is 7.78. The highest BCUT2D eigenvalue weighted by molar-refractivity contribution is 5.96. The molecule has 3 amide bonds. The van der Waals surface area contributed by atoms with Crippen LogP contribution in [-0.2, 0) is 9.53 Å². The highest BCUT2D eigenvalue weighted by Gasteiger charge is 2.29. The molecule has 0 spiro atoms. The molecule has 1 aliphatic rings. The average Bonchev–Trinajstić information content (AvgIpc) is 2.54. The van der Waals surface area contributed by atoms with Gasteiger partial charge in [0.25, 0.3) is 5.91 Å². The van der Waals surface area contributed by atoms with Crippen molar-refractivity contribution in [2.24, 2.45) is 0 Å². The van der Waals surface area contributed by atoms with Crippen molar-refractivity contribution in [1.82, 2.24) is 10.2 Å². The molecule has 1 aliphatic heterocycles. The van der Waals surface area contributed by atoms with Crippen LogP contribution in [0.2, 0.25) is 0 Å². The maximum absolute atomic E-state index is 12.4. The first kappa shape index (κ1) is 17.7. The van der Waals surface area contributed by atoms with E-state index in [1.54, 1.807) is 24.3 Å². The third kappa shape index (κ3) is 4.69. The molecular formula is C16H21N3O5. The summed E-state index contributed by atoms with van der Waals surface area (Å²) in [7, 11) is 0. The number of carbonyl (C=O) groups is 3. The Balaban J connectivity index is 1.98. The minimum absolute atomic E-state index is 0.0188. The number of aliphatic carboxylic acids is 1. The quantitative estimate of drug-likeness (QED) is 0.765. The summed E-state index contributed by atoms with van der Waals surface area (Å²) in [5.41, 5.74) is 0.992. The molecule has 2 rings (SSSR count).